The summed E-state index contributed by atoms with van der Waals surface area (Å²) in [5, 5.41) is 0. The van der Waals surface area contributed by atoms with E-state index >= 15 is 0 Å². The van der Waals surface area contributed by atoms with Crippen molar-refractivity contribution in [1.82, 2.24) is 4.90 Å². The molecular formula is C31H34N2O2. The van der Waals surface area contributed by atoms with Gasteiger partial charge in [-0.1, -0.05) is 66.3 Å². The standard InChI is InChI=1S/C31H34N2O2/c1-8-10-14-24-15-11-12-17-26(24)32(19-9-2)27-18-13-16-25-28(27)31(35)33(30(25)34)29(22(5)6)23(7)20-21(3)4/h8-13,15-18,20H,2-3,14,19H2,1,4-7H3/b10-8-,23-20-. The minimum Gasteiger partial charge on any atom is -0.337 e. The zero-order valence-electron chi connectivity index (χ0n) is 21.4. The fourth-order valence-corrected chi connectivity index (χ4v) is 4.58. The average molecular weight is 467 g/mol. The van der Waals surface area contributed by atoms with Crippen LogP contribution in [0.3, 0.4) is 0 Å². The maximum absolute atomic E-state index is 13.9. The lowest BCUT2D eigenvalue weighted by Crippen LogP contribution is -2.31. The highest BCUT2D eigenvalue weighted by Crippen LogP contribution is 2.39. The number of allylic oxidation sites excluding steroid dienone is 6. The summed E-state index contributed by atoms with van der Waals surface area (Å²) in [5.41, 5.74) is 6.83. The fourth-order valence-electron chi connectivity index (χ4n) is 4.58. The number of hydrogen-bond acceptors (Lipinski definition) is 3. The van der Waals surface area contributed by atoms with Gasteiger partial charge < -0.3 is 4.90 Å². The van der Waals surface area contributed by atoms with E-state index in [1.165, 1.54) is 4.90 Å². The number of nitrogens with zero attached hydrogens (tertiary/aromatic N) is 2. The van der Waals surface area contributed by atoms with E-state index in [1.54, 1.807) is 6.07 Å². The molecule has 0 bridgehead atoms. The molecule has 0 aromatic heterocycles. The van der Waals surface area contributed by atoms with E-state index in [0.717, 1.165) is 34.4 Å². The highest BCUT2D eigenvalue weighted by atomic mass is 16.2. The molecule has 2 aromatic carbocycles. The molecule has 0 saturated heterocycles. The normalized spacial score (nSPS) is 13.3. The summed E-state index contributed by atoms with van der Waals surface area (Å²) < 4.78 is 0. The van der Waals surface area contributed by atoms with Gasteiger partial charge >= 0.3 is 0 Å². The van der Waals surface area contributed by atoms with Gasteiger partial charge in [-0.25, -0.2) is 4.90 Å². The minimum absolute atomic E-state index is 0.307. The van der Waals surface area contributed by atoms with Crippen LogP contribution in [0.5, 0.6) is 0 Å². The summed E-state index contributed by atoms with van der Waals surface area (Å²) in [5.74, 6) is -0.621. The molecule has 0 fully saturated rings. The summed E-state index contributed by atoms with van der Waals surface area (Å²) in [6.07, 6.45) is 8.60. The van der Waals surface area contributed by atoms with Crippen LogP contribution >= 0.6 is 0 Å². The van der Waals surface area contributed by atoms with Crippen molar-refractivity contribution >= 4 is 23.2 Å². The minimum atomic E-state index is -0.314. The van der Waals surface area contributed by atoms with E-state index in [1.807, 2.05) is 83.2 Å². The number of hydrogen-bond donors (Lipinski definition) is 0. The third-order valence-corrected chi connectivity index (χ3v) is 5.88. The molecule has 4 nitrogen and oxygen atoms in total. The Hall–Kier alpha value is -3.92. The van der Waals surface area contributed by atoms with Gasteiger partial charge in [0.1, 0.15) is 0 Å². The highest BCUT2D eigenvalue weighted by molar-refractivity contribution is 6.25. The summed E-state index contributed by atoms with van der Waals surface area (Å²) >= 11 is 0. The van der Waals surface area contributed by atoms with Crippen LogP contribution in [-0.4, -0.2) is 23.3 Å². The smallest absolute Gasteiger partial charge is 0.268 e. The lowest BCUT2D eigenvalue weighted by molar-refractivity contribution is 0.0706. The Kier molecular flexibility index (Phi) is 8.08. The second-order valence-corrected chi connectivity index (χ2v) is 8.97. The van der Waals surface area contributed by atoms with Crippen molar-refractivity contribution in [3.05, 3.63) is 119 Å². The van der Waals surface area contributed by atoms with Crippen molar-refractivity contribution in [1.29, 1.82) is 0 Å². The molecule has 4 heteroatoms. The summed E-state index contributed by atoms with van der Waals surface area (Å²) in [6.45, 7) is 18.0. The third kappa shape index (κ3) is 5.12. The Labute approximate surface area is 209 Å². The van der Waals surface area contributed by atoms with Gasteiger partial charge in [0.25, 0.3) is 11.8 Å². The van der Waals surface area contributed by atoms with E-state index in [0.29, 0.717) is 29.1 Å². The highest BCUT2D eigenvalue weighted by Gasteiger charge is 2.41. The number of fused-ring (bicyclic) bond motifs is 1. The molecule has 3 rings (SSSR count). The molecule has 35 heavy (non-hydrogen) atoms. The van der Waals surface area contributed by atoms with Crippen molar-refractivity contribution in [3.63, 3.8) is 0 Å². The molecule has 0 N–H and O–H groups in total. The lowest BCUT2D eigenvalue weighted by Gasteiger charge is -2.27. The number of para-hydroxylation sites is 1. The maximum Gasteiger partial charge on any atom is 0.268 e. The molecular weight excluding hydrogens is 432 g/mol. The van der Waals surface area contributed by atoms with Gasteiger partial charge in [0.05, 0.1) is 22.5 Å². The Morgan fingerprint density at radius 3 is 2.29 bits per heavy atom. The molecule has 0 radical (unpaired) electrons. The molecule has 180 valence electrons. The van der Waals surface area contributed by atoms with Crippen LogP contribution < -0.4 is 4.90 Å². The van der Waals surface area contributed by atoms with Gasteiger partial charge in [0, 0.05) is 12.2 Å². The Morgan fingerprint density at radius 1 is 0.971 bits per heavy atom. The monoisotopic (exact) mass is 466 g/mol. The zero-order valence-corrected chi connectivity index (χ0v) is 21.4. The first kappa shape index (κ1) is 25.7. The first-order valence-electron chi connectivity index (χ1n) is 11.8. The number of benzene rings is 2. The molecule has 2 amide bonds. The van der Waals surface area contributed by atoms with E-state index in [-0.39, 0.29) is 11.8 Å². The summed E-state index contributed by atoms with van der Waals surface area (Å²) in [7, 11) is 0. The number of imide groups is 1. The van der Waals surface area contributed by atoms with Crippen molar-refractivity contribution in [2.75, 3.05) is 11.4 Å². The number of carbonyl (C=O) groups excluding carboxylic acids is 2. The largest absolute Gasteiger partial charge is 0.337 e. The topological polar surface area (TPSA) is 40.6 Å². The van der Waals surface area contributed by atoms with Crippen LogP contribution in [0.25, 0.3) is 0 Å². The van der Waals surface area contributed by atoms with E-state index < -0.39 is 0 Å². The Bertz CT molecular complexity index is 1270. The van der Waals surface area contributed by atoms with E-state index in [9.17, 15) is 9.59 Å². The summed E-state index contributed by atoms with van der Waals surface area (Å²) in [6, 6.07) is 13.6. The molecule has 1 aliphatic heterocycles. The predicted molar refractivity (Wildman–Crippen MR) is 146 cm³/mol. The van der Waals surface area contributed by atoms with Crippen molar-refractivity contribution in [2.45, 2.75) is 41.0 Å². The van der Waals surface area contributed by atoms with Crippen molar-refractivity contribution in [2.24, 2.45) is 0 Å². The first-order valence-corrected chi connectivity index (χ1v) is 11.8. The fraction of sp³-hybridized carbons (Fsp3) is 0.226. The molecule has 0 atom stereocenters. The average Bonchev–Trinajstić information content (AvgIpc) is 3.06. The molecule has 0 unspecified atom stereocenters. The van der Waals surface area contributed by atoms with Crippen molar-refractivity contribution in [3.8, 4) is 0 Å². The van der Waals surface area contributed by atoms with Crippen LogP contribution in [0.1, 0.15) is 60.9 Å². The SMILES string of the molecule is C=CCN(c1ccccc1C/C=C\C)c1cccc2c1C(=O)N(C(=C(C)C)/C(C)=C\C(=C)C)C2=O. The van der Waals surface area contributed by atoms with E-state index in [4.69, 9.17) is 0 Å². The van der Waals surface area contributed by atoms with Crippen LogP contribution in [-0.2, 0) is 6.42 Å². The molecule has 1 aliphatic rings. The lowest BCUT2D eigenvalue weighted by atomic mass is 10.0. The van der Waals surface area contributed by atoms with Crippen LogP contribution in [0.2, 0.25) is 0 Å². The number of rotatable bonds is 9. The second-order valence-electron chi connectivity index (χ2n) is 8.97. The number of carbonyl (C=O) groups is 2. The Morgan fingerprint density at radius 2 is 1.66 bits per heavy atom. The second kappa shape index (κ2) is 11.0. The quantitative estimate of drug-likeness (QED) is 0.218. The third-order valence-electron chi connectivity index (χ3n) is 5.88. The van der Waals surface area contributed by atoms with E-state index in [2.05, 4.69) is 30.2 Å². The van der Waals surface area contributed by atoms with Crippen molar-refractivity contribution < 1.29 is 9.59 Å². The van der Waals surface area contributed by atoms with Gasteiger partial charge in [0.15, 0.2) is 0 Å². The Balaban J connectivity index is 2.20. The summed E-state index contributed by atoms with van der Waals surface area (Å²) in [4.78, 5) is 30.9. The van der Waals surface area contributed by atoms with Crippen LogP contribution in [0.15, 0.2) is 102 Å². The molecule has 0 spiro atoms. The number of anilines is 2. The van der Waals surface area contributed by atoms with Gasteiger partial charge in [-0.2, -0.15) is 0 Å². The van der Waals surface area contributed by atoms with Crippen LogP contribution in [0, 0.1) is 0 Å². The van der Waals surface area contributed by atoms with Gasteiger partial charge in [-0.3, -0.25) is 9.59 Å². The number of amides is 2. The zero-order chi connectivity index (χ0) is 25.7. The first-order chi connectivity index (χ1) is 16.7. The maximum atomic E-state index is 13.9. The van der Waals surface area contributed by atoms with Gasteiger partial charge in [0.2, 0.25) is 0 Å². The molecule has 2 aromatic rings. The molecule has 1 heterocycles. The van der Waals surface area contributed by atoms with Gasteiger partial charge in [-0.15, -0.1) is 6.58 Å². The predicted octanol–water partition coefficient (Wildman–Crippen LogP) is 7.54. The van der Waals surface area contributed by atoms with Crippen LogP contribution in [0.4, 0.5) is 11.4 Å². The molecule has 0 aliphatic carbocycles. The van der Waals surface area contributed by atoms with Gasteiger partial charge in [-0.05, 0) is 70.4 Å². The molecule has 0 saturated carbocycles.